The molecular formula is C21H22ClN. The van der Waals surface area contributed by atoms with Gasteiger partial charge in [-0.3, -0.25) is 4.90 Å². The molecule has 0 amide bonds. The fourth-order valence-corrected chi connectivity index (χ4v) is 2.88. The summed E-state index contributed by atoms with van der Waals surface area (Å²) in [6.45, 7) is 5.22. The first-order valence-electron chi connectivity index (χ1n) is 8.10. The number of rotatable bonds is 4. The summed E-state index contributed by atoms with van der Waals surface area (Å²) in [7, 11) is 0. The number of hydrogen-bond acceptors (Lipinski definition) is 1. The molecule has 0 aromatic heterocycles. The molecule has 0 unspecified atom stereocenters. The van der Waals surface area contributed by atoms with Crippen LogP contribution in [0.25, 0.3) is 6.08 Å². The molecule has 0 saturated carbocycles. The lowest BCUT2D eigenvalue weighted by atomic mass is 10.0. The Balaban J connectivity index is 1.55. The van der Waals surface area contributed by atoms with Gasteiger partial charge in [-0.2, -0.15) is 0 Å². The Labute approximate surface area is 143 Å². The Morgan fingerprint density at radius 2 is 1.74 bits per heavy atom. The maximum absolute atomic E-state index is 5.94. The van der Waals surface area contributed by atoms with Crippen molar-refractivity contribution in [3.63, 3.8) is 0 Å². The third-order valence-electron chi connectivity index (χ3n) is 4.22. The summed E-state index contributed by atoms with van der Waals surface area (Å²) in [5, 5.41) is 0.802. The van der Waals surface area contributed by atoms with Crippen molar-refractivity contribution < 1.29 is 0 Å². The van der Waals surface area contributed by atoms with Crippen molar-refractivity contribution in [3.8, 4) is 0 Å². The zero-order valence-corrected chi connectivity index (χ0v) is 14.3. The van der Waals surface area contributed by atoms with E-state index in [0.29, 0.717) is 0 Å². The third-order valence-corrected chi connectivity index (χ3v) is 4.47. The molecule has 0 N–H and O–H groups in total. The van der Waals surface area contributed by atoms with E-state index in [1.54, 1.807) is 0 Å². The lowest BCUT2D eigenvalue weighted by Crippen LogP contribution is -2.27. The van der Waals surface area contributed by atoms with Crippen LogP contribution in [0.2, 0.25) is 5.02 Å². The Kier molecular flexibility index (Phi) is 5.32. The number of allylic oxidation sites excluding steroid dienone is 1. The largest absolute Gasteiger partial charge is 0.295 e. The van der Waals surface area contributed by atoms with Crippen LogP contribution in [0.15, 0.2) is 66.3 Å². The van der Waals surface area contributed by atoms with E-state index in [1.807, 2.05) is 12.1 Å². The van der Waals surface area contributed by atoms with Crippen LogP contribution in [0, 0.1) is 6.92 Å². The van der Waals surface area contributed by atoms with Crippen LogP contribution in [-0.2, 0) is 6.54 Å². The molecule has 1 nitrogen and oxygen atoms in total. The molecule has 0 saturated heterocycles. The Bertz CT molecular complexity index is 696. The molecule has 118 valence electrons. The lowest BCUT2D eigenvalue weighted by molar-refractivity contribution is 0.287. The van der Waals surface area contributed by atoms with Crippen molar-refractivity contribution in [1.82, 2.24) is 4.90 Å². The summed E-state index contributed by atoms with van der Waals surface area (Å²) < 4.78 is 0. The Morgan fingerprint density at radius 1 is 1.00 bits per heavy atom. The molecular weight excluding hydrogens is 302 g/mol. The van der Waals surface area contributed by atoms with E-state index in [1.165, 1.54) is 22.3 Å². The van der Waals surface area contributed by atoms with Gasteiger partial charge in [-0.05, 0) is 42.2 Å². The zero-order valence-electron chi connectivity index (χ0n) is 13.5. The zero-order chi connectivity index (χ0) is 16.1. The molecule has 0 bridgehead atoms. The predicted molar refractivity (Wildman–Crippen MR) is 99.6 cm³/mol. The van der Waals surface area contributed by atoms with Gasteiger partial charge in [0.25, 0.3) is 0 Å². The Morgan fingerprint density at radius 3 is 2.39 bits per heavy atom. The summed E-state index contributed by atoms with van der Waals surface area (Å²) in [4.78, 5) is 2.46. The van der Waals surface area contributed by atoms with E-state index in [0.717, 1.165) is 31.1 Å². The van der Waals surface area contributed by atoms with Crippen molar-refractivity contribution >= 4 is 17.7 Å². The first kappa shape index (κ1) is 16.0. The maximum atomic E-state index is 5.94. The van der Waals surface area contributed by atoms with E-state index in [9.17, 15) is 0 Å². The summed E-state index contributed by atoms with van der Waals surface area (Å²) in [6.07, 6.45) is 7.91. The summed E-state index contributed by atoms with van der Waals surface area (Å²) in [6, 6.07) is 16.8. The summed E-state index contributed by atoms with van der Waals surface area (Å²) in [5.74, 6) is 0. The molecule has 3 rings (SSSR count). The van der Waals surface area contributed by atoms with E-state index in [2.05, 4.69) is 66.4 Å². The highest BCUT2D eigenvalue weighted by molar-refractivity contribution is 6.30. The van der Waals surface area contributed by atoms with Crippen LogP contribution in [0.5, 0.6) is 0 Å². The van der Waals surface area contributed by atoms with Crippen molar-refractivity contribution in [1.29, 1.82) is 0 Å². The van der Waals surface area contributed by atoms with E-state index in [4.69, 9.17) is 11.6 Å². The summed E-state index contributed by atoms with van der Waals surface area (Å²) in [5.41, 5.74) is 5.32. The number of halogens is 1. The number of hydrogen-bond donors (Lipinski definition) is 0. The normalized spacial score (nSPS) is 15.8. The molecule has 2 aromatic rings. The molecule has 0 aliphatic carbocycles. The first-order valence-corrected chi connectivity index (χ1v) is 8.47. The van der Waals surface area contributed by atoms with Crippen molar-refractivity contribution in [2.75, 3.05) is 13.1 Å². The van der Waals surface area contributed by atoms with Crippen LogP contribution in [-0.4, -0.2) is 18.0 Å². The second kappa shape index (κ2) is 7.63. The smallest absolute Gasteiger partial charge is 0.0406 e. The average molecular weight is 324 g/mol. The van der Waals surface area contributed by atoms with Crippen molar-refractivity contribution in [2.24, 2.45) is 0 Å². The van der Waals surface area contributed by atoms with Gasteiger partial charge in [-0.1, -0.05) is 71.8 Å². The summed E-state index contributed by atoms with van der Waals surface area (Å²) >= 11 is 5.94. The highest BCUT2D eigenvalue weighted by Crippen LogP contribution is 2.17. The first-order chi connectivity index (χ1) is 11.2. The van der Waals surface area contributed by atoms with Crippen LogP contribution >= 0.6 is 11.6 Å². The molecule has 1 aliphatic heterocycles. The van der Waals surface area contributed by atoms with Crippen molar-refractivity contribution in [3.05, 3.63) is 88.0 Å². The quantitative estimate of drug-likeness (QED) is 0.718. The lowest BCUT2D eigenvalue weighted by Gasteiger charge is -2.25. The fourth-order valence-electron chi connectivity index (χ4n) is 2.75. The van der Waals surface area contributed by atoms with Gasteiger partial charge in [-0.25, -0.2) is 0 Å². The van der Waals surface area contributed by atoms with Gasteiger partial charge in [0.2, 0.25) is 0 Å². The second-order valence-electron chi connectivity index (χ2n) is 6.13. The van der Waals surface area contributed by atoms with Gasteiger partial charge in [-0.15, -0.1) is 0 Å². The monoisotopic (exact) mass is 323 g/mol. The maximum Gasteiger partial charge on any atom is 0.0406 e. The number of benzene rings is 2. The third kappa shape index (κ3) is 4.82. The molecule has 0 spiro atoms. The van der Waals surface area contributed by atoms with Crippen LogP contribution < -0.4 is 0 Å². The van der Waals surface area contributed by atoms with Gasteiger partial charge < -0.3 is 0 Å². The number of nitrogens with zero attached hydrogens (tertiary/aromatic N) is 1. The molecule has 0 radical (unpaired) electrons. The van der Waals surface area contributed by atoms with Crippen LogP contribution in [0.4, 0.5) is 0 Å². The van der Waals surface area contributed by atoms with Gasteiger partial charge in [0.15, 0.2) is 0 Å². The highest BCUT2D eigenvalue weighted by Gasteiger charge is 2.10. The minimum atomic E-state index is 0.802. The number of aryl methyl sites for hydroxylation is 1. The molecule has 1 aliphatic rings. The standard InChI is InChI=1S/C21H22ClN/c1-17-2-4-18(5-3-17)6-7-19-12-14-23(15-13-19)16-20-8-10-21(22)11-9-20/h2-12H,13-16H2,1H3. The minimum absolute atomic E-state index is 0.802. The highest BCUT2D eigenvalue weighted by atomic mass is 35.5. The SMILES string of the molecule is Cc1ccc(C=CC2=CCN(Cc3ccc(Cl)cc3)CC2)cc1. The topological polar surface area (TPSA) is 3.24 Å². The van der Waals surface area contributed by atoms with Crippen molar-refractivity contribution in [2.45, 2.75) is 19.9 Å². The molecule has 2 aromatic carbocycles. The molecule has 1 heterocycles. The molecule has 0 fully saturated rings. The molecule has 23 heavy (non-hydrogen) atoms. The minimum Gasteiger partial charge on any atom is -0.295 e. The van der Waals surface area contributed by atoms with Gasteiger partial charge >= 0.3 is 0 Å². The Hall–Kier alpha value is -1.83. The van der Waals surface area contributed by atoms with E-state index in [-0.39, 0.29) is 0 Å². The van der Waals surface area contributed by atoms with Crippen LogP contribution in [0.3, 0.4) is 0 Å². The fraction of sp³-hybridized carbons (Fsp3) is 0.238. The molecule has 0 atom stereocenters. The second-order valence-corrected chi connectivity index (χ2v) is 6.57. The molecule has 2 heteroatoms. The average Bonchev–Trinajstić information content (AvgIpc) is 2.58. The van der Waals surface area contributed by atoms with Gasteiger partial charge in [0, 0.05) is 24.7 Å². The van der Waals surface area contributed by atoms with E-state index >= 15 is 0 Å². The van der Waals surface area contributed by atoms with E-state index < -0.39 is 0 Å². The van der Waals surface area contributed by atoms with Crippen LogP contribution in [0.1, 0.15) is 23.1 Å². The van der Waals surface area contributed by atoms with Gasteiger partial charge in [0.05, 0.1) is 0 Å². The predicted octanol–water partition coefficient (Wildman–Crippen LogP) is 5.49. The van der Waals surface area contributed by atoms with Gasteiger partial charge in [0.1, 0.15) is 0 Å².